The van der Waals surface area contributed by atoms with Gasteiger partial charge >= 0.3 is 0 Å². The second kappa shape index (κ2) is 11.5. The fraction of sp³-hybridized carbons (Fsp3) is 0.478. The van der Waals surface area contributed by atoms with Crippen molar-refractivity contribution >= 4 is 5.69 Å². The first-order chi connectivity index (χ1) is 12.7. The molecule has 3 nitrogen and oxygen atoms in total. The summed E-state index contributed by atoms with van der Waals surface area (Å²) in [6, 6.07) is 16.4. The van der Waals surface area contributed by atoms with Crippen LogP contribution in [0.25, 0.3) is 0 Å². The second-order valence-electron chi connectivity index (χ2n) is 6.92. The van der Waals surface area contributed by atoms with E-state index in [1.807, 2.05) is 44.2 Å². The number of unbranched alkanes of at least 4 members (excludes halogenated alkanes) is 4. The van der Waals surface area contributed by atoms with Crippen LogP contribution in [0.2, 0.25) is 0 Å². The van der Waals surface area contributed by atoms with Gasteiger partial charge in [-0.15, -0.1) is 0 Å². The molecule has 142 valence electrons. The Hall–Kier alpha value is -2.16. The topological polar surface area (TPSA) is 30.5 Å². The summed E-state index contributed by atoms with van der Waals surface area (Å²) in [4.78, 5) is 0. The highest BCUT2D eigenvalue weighted by Crippen LogP contribution is 2.22. The van der Waals surface area contributed by atoms with Crippen LogP contribution in [0.5, 0.6) is 11.5 Å². The van der Waals surface area contributed by atoms with E-state index in [9.17, 15) is 0 Å². The molecule has 0 spiro atoms. The summed E-state index contributed by atoms with van der Waals surface area (Å²) in [5.41, 5.74) is 2.22. The van der Waals surface area contributed by atoms with Crippen LogP contribution in [0.15, 0.2) is 48.5 Å². The van der Waals surface area contributed by atoms with Crippen LogP contribution in [0, 0.1) is 0 Å². The number of hydrogen-bond acceptors (Lipinski definition) is 3. The molecule has 0 fully saturated rings. The summed E-state index contributed by atoms with van der Waals surface area (Å²) in [7, 11) is 0. The summed E-state index contributed by atoms with van der Waals surface area (Å²) < 4.78 is 11.8. The molecule has 3 heteroatoms. The number of ether oxygens (including phenoxy) is 2. The van der Waals surface area contributed by atoms with Gasteiger partial charge in [0, 0.05) is 23.9 Å². The number of para-hydroxylation sites is 1. The zero-order valence-electron chi connectivity index (χ0n) is 16.5. The SMILES string of the molecule is CCCCCCCOc1cccc(NCc2ccccc2OC(C)C)c1. The number of rotatable bonds is 12. The molecule has 2 aromatic carbocycles. The largest absolute Gasteiger partial charge is 0.494 e. The highest BCUT2D eigenvalue weighted by molar-refractivity contribution is 5.49. The zero-order chi connectivity index (χ0) is 18.6. The molecule has 0 saturated carbocycles. The van der Waals surface area contributed by atoms with Crippen molar-refractivity contribution in [2.45, 2.75) is 65.5 Å². The third-order valence-corrected chi connectivity index (χ3v) is 4.17. The Morgan fingerprint density at radius 1 is 0.923 bits per heavy atom. The fourth-order valence-corrected chi connectivity index (χ4v) is 2.81. The van der Waals surface area contributed by atoms with Gasteiger partial charge in [-0.1, -0.05) is 56.9 Å². The average molecular weight is 356 g/mol. The maximum Gasteiger partial charge on any atom is 0.124 e. The van der Waals surface area contributed by atoms with Crippen molar-refractivity contribution in [3.8, 4) is 11.5 Å². The molecule has 2 rings (SSSR count). The monoisotopic (exact) mass is 355 g/mol. The lowest BCUT2D eigenvalue weighted by atomic mass is 10.2. The summed E-state index contributed by atoms with van der Waals surface area (Å²) >= 11 is 0. The third kappa shape index (κ3) is 7.38. The molecule has 0 amide bonds. The van der Waals surface area contributed by atoms with Crippen molar-refractivity contribution in [1.82, 2.24) is 0 Å². The van der Waals surface area contributed by atoms with Gasteiger partial charge in [-0.25, -0.2) is 0 Å². The second-order valence-corrected chi connectivity index (χ2v) is 6.92. The maximum absolute atomic E-state index is 5.89. The minimum absolute atomic E-state index is 0.171. The predicted octanol–water partition coefficient (Wildman–Crippen LogP) is 6.44. The average Bonchev–Trinajstić information content (AvgIpc) is 2.64. The first kappa shape index (κ1) is 20.2. The van der Waals surface area contributed by atoms with Crippen LogP contribution in [0.1, 0.15) is 58.4 Å². The van der Waals surface area contributed by atoms with Crippen molar-refractivity contribution in [2.75, 3.05) is 11.9 Å². The van der Waals surface area contributed by atoms with Gasteiger partial charge in [0.25, 0.3) is 0 Å². The highest BCUT2D eigenvalue weighted by atomic mass is 16.5. The third-order valence-electron chi connectivity index (χ3n) is 4.17. The molecule has 1 N–H and O–H groups in total. The van der Waals surface area contributed by atoms with Crippen molar-refractivity contribution in [2.24, 2.45) is 0 Å². The molecule has 0 aliphatic carbocycles. The van der Waals surface area contributed by atoms with Gasteiger partial charge in [0.1, 0.15) is 11.5 Å². The lowest BCUT2D eigenvalue weighted by Gasteiger charge is -2.15. The Balaban J connectivity index is 1.83. The molecule has 2 aromatic rings. The van der Waals surface area contributed by atoms with Crippen LogP contribution < -0.4 is 14.8 Å². The summed E-state index contributed by atoms with van der Waals surface area (Å²) in [5, 5.41) is 3.47. The van der Waals surface area contributed by atoms with E-state index in [1.165, 1.54) is 25.7 Å². The van der Waals surface area contributed by atoms with E-state index in [-0.39, 0.29) is 6.10 Å². The van der Waals surface area contributed by atoms with Crippen molar-refractivity contribution in [3.05, 3.63) is 54.1 Å². The van der Waals surface area contributed by atoms with Crippen molar-refractivity contribution < 1.29 is 9.47 Å². The van der Waals surface area contributed by atoms with Crippen molar-refractivity contribution in [1.29, 1.82) is 0 Å². The molecule has 0 radical (unpaired) electrons. The van der Waals surface area contributed by atoms with Gasteiger partial charge < -0.3 is 14.8 Å². The van der Waals surface area contributed by atoms with Gasteiger partial charge in [-0.3, -0.25) is 0 Å². The molecule has 0 heterocycles. The maximum atomic E-state index is 5.89. The first-order valence-electron chi connectivity index (χ1n) is 9.90. The standard InChI is InChI=1S/C23H33NO2/c1-4-5-6-7-10-16-25-22-14-11-13-21(17-22)24-18-20-12-8-9-15-23(20)26-19(2)3/h8-9,11-15,17,19,24H,4-7,10,16,18H2,1-3H3. The molecule has 0 atom stereocenters. The Morgan fingerprint density at radius 2 is 1.73 bits per heavy atom. The molecule has 0 saturated heterocycles. The van der Waals surface area contributed by atoms with Gasteiger partial charge in [0.15, 0.2) is 0 Å². The first-order valence-corrected chi connectivity index (χ1v) is 9.90. The highest BCUT2D eigenvalue weighted by Gasteiger charge is 2.05. The zero-order valence-corrected chi connectivity index (χ0v) is 16.5. The van der Waals surface area contributed by atoms with Gasteiger partial charge in [-0.2, -0.15) is 0 Å². The Bertz CT molecular complexity index is 640. The Labute approximate surface area is 158 Å². The number of benzene rings is 2. The summed E-state index contributed by atoms with van der Waals surface area (Å²) in [6.07, 6.45) is 6.45. The molecule has 26 heavy (non-hydrogen) atoms. The van der Waals surface area contributed by atoms with Gasteiger partial charge in [0.2, 0.25) is 0 Å². The fourth-order valence-electron chi connectivity index (χ4n) is 2.81. The minimum Gasteiger partial charge on any atom is -0.494 e. The predicted molar refractivity (Wildman–Crippen MR) is 110 cm³/mol. The van der Waals surface area contributed by atoms with Gasteiger partial charge in [-0.05, 0) is 38.5 Å². The molecule has 0 aliphatic rings. The molecule has 0 bridgehead atoms. The smallest absolute Gasteiger partial charge is 0.124 e. The van der Waals surface area contributed by atoms with E-state index >= 15 is 0 Å². The Kier molecular flexibility index (Phi) is 8.88. The number of hydrogen-bond donors (Lipinski definition) is 1. The van der Waals surface area contributed by atoms with Crippen LogP contribution in [0.3, 0.4) is 0 Å². The van der Waals surface area contributed by atoms with Crippen LogP contribution >= 0.6 is 0 Å². The molecular weight excluding hydrogens is 322 g/mol. The van der Waals surface area contributed by atoms with Gasteiger partial charge in [0.05, 0.1) is 12.7 Å². The van der Waals surface area contributed by atoms with Crippen LogP contribution in [0.4, 0.5) is 5.69 Å². The summed E-state index contributed by atoms with van der Waals surface area (Å²) in [5.74, 6) is 1.87. The van der Waals surface area contributed by atoms with Crippen LogP contribution in [-0.2, 0) is 6.54 Å². The van der Waals surface area contributed by atoms with E-state index < -0.39 is 0 Å². The molecule has 0 unspecified atom stereocenters. The van der Waals surface area contributed by atoms with Crippen molar-refractivity contribution in [3.63, 3.8) is 0 Å². The van der Waals surface area contributed by atoms with E-state index in [0.29, 0.717) is 0 Å². The summed E-state index contributed by atoms with van der Waals surface area (Å²) in [6.45, 7) is 7.85. The lowest BCUT2D eigenvalue weighted by molar-refractivity contribution is 0.240. The van der Waals surface area contributed by atoms with E-state index in [0.717, 1.165) is 42.3 Å². The molecule has 0 aromatic heterocycles. The van der Waals surface area contributed by atoms with E-state index in [1.54, 1.807) is 0 Å². The molecule has 0 aliphatic heterocycles. The van der Waals surface area contributed by atoms with E-state index in [2.05, 4.69) is 30.4 Å². The normalized spacial score (nSPS) is 10.8. The number of nitrogens with one attached hydrogen (secondary N) is 1. The number of anilines is 1. The molecular formula is C23H33NO2. The van der Waals surface area contributed by atoms with E-state index in [4.69, 9.17) is 9.47 Å². The lowest BCUT2D eigenvalue weighted by Crippen LogP contribution is -2.09. The van der Waals surface area contributed by atoms with Crippen LogP contribution in [-0.4, -0.2) is 12.7 Å². The Morgan fingerprint density at radius 3 is 2.54 bits per heavy atom. The quantitative estimate of drug-likeness (QED) is 0.445. The minimum atomic E-state index is 0.171.